The molecule has 0 saturated carbocycles. The van der Waals surface area contributed by atoms with Crippen molar-refractivity contribution < 1.29 is 4.79 Å². The van der Waals surface area contributed by atoms with Crippen LogP contribution in [-0.2, 0) is 0 Å². The van der Waals surface area contributed by atoms with Crippen molar-refractivity contribution in [2.75, 3.05) is 5.32 Å². The quantitative estimate of drug-likeness (QED) is 0.841. The van der Waals surface area contributed by atoms with Crippen LogP contribution in [0.15, 0.2) is 40.2 Å². The zero-order valence-corrected chi connectivity index (χ0v) is 14.4. The second kappa shape index (κ2) is 5.81. The molecule has 0 bridgehead atoms. The highest BCUT2D eigenvalue weighted by Gasteiger charge is 2.35. The Balaban J connectivity index is 2.07. The summed E-state index contributed by atoms with van der Waals surface area (Å²) in [4.78, 5) is 16.0. The minimum absolute atomic E-state index is 0.0985. The van der Waals surface area contributed by atoms with Crippen LogP contribution in [0.1, 0.15) is 41.7 Å². The molecule has 5 heteroatoms. The molecule has 0 fully saturated rings. The second-order valence-corrected chi connectivity index (χ2v) is 7.09. The molecule has 1 aliphatic heterocycles. The van der Waals surface area contributed by atoms with Crippen LogP contribution in [-0.4, -0.2) is 16.8 Å². The third-order valence-electron chi connectivity index (χ3n) is 3.89. The maximum absolute atomic E-state index is 12.9. The minimum atomic E-state index is -0.0985. The Labute approximate surface area is 137 Å². The fourth-order valence-corrected chi connectivity index (χ4v) is 4.09. The monoisotopic (exact) mass is 364 g/mol. The standard InChI is InChI=1S/C16H17BrN2OS/c1-3-10(2)19-15(14-8-11(17)9-21-14)18-13-7-5-4-6-12(13)16(19)20/h4-10,15,18H,3H2,1-2H3/t10-,15+/m1/s1. The molecular formula is C16H17BrN2OS. The Morgan fingerprint density at radius 2 is 2.19 bits per heavy atom. The summed E-state index contributed by atoms with van der Waals surface area (Å²) in [6.07, 6.45) is 0.831. The van der Waals surface area contributed by atoms with Gasteiger partial charge in [-0.05, 0) is 47.5 Å². The van der Waals surface area contributed by atoms with Gasteiger partial charge in [-0.3, -0.25) is 4.79 Å². The van der Waals surface area contributed by atoms with Crippen molar-refractivity contribution in [1.82, 2.24) is 4.90 Å². The third-order valence-corrected chi connectivity index (χ3v) is 5.63. The molecule has 3 rings (SSSR count). The Morgan fingerprint density at radius 1 is 1.43 bits per heavy atom. The van der Waals surface area contributed by atoms with E-state index in [0.29, 0.717) is 0 Å². The highest BCUT2D eigenvalue weighted by Crippen LogP contribution is 2.37. The van der Waals surface area contributed by atoms with Gasteiger partial charge in [0.2, 0.25) is 0 Å². The first kappa shape index (κ1) is 14.6. The molecule has 1 N–H and O–H groups in total. The maximum atomic E-state index is 12.9. The number of carbonyl (C=O) groups excluding carboxylic acids is 1. The van der Waals surface area contributed by atoms with Crippen LogP contribution in [0.4, 0.5) is 5.69 Å². The van der Waals surface area contributed by atoms with Gasteiger partial charge >= 0.3 is 0 Å². The molecule has 0 radical (unpaired) electrons. The number of amides is 1. The van der Waals surface area contributed by atoms with Crippen LogP contribution in [0.3, 0.4) is 0 Å². The van der Waals surface area contributed by atoms with Crippen LogP contribution in [0, 0.1) is 0 Å². The molecule has 0 aliphatic carbocycles. The van der Waals surface area contributed by atoms with Gasteiger partial charge in [0.25, 0.3) is 5.91 Å². The van der Waals surface area contributed by atoms with E-state index >= 15 is 0 Å². The van der Waals surface area contributed by atoms with Gasteiger partial charge in [-0.25, -0.2) is 0 Å². The molecule has 1 amide bonds. The van der Waals surface area contributed by atoms with E-state index in [2.05, 4.69) is 46.5 Å². The summed E-state index contributed by atoms with van der Waals surface area (Å²) >= 11 is 5.16. The number of anilines is 1. The number of hydrogen-bond acceptors (Lipinski definition) is 3. The lowest BCUT2D eigenvalue weighted by Gasteiger charge is -2.40. The normalized spacial score (nSPS) is 19.1. The number of fused-ring (bicyclic) bond motifs is 1. The molecule has 0 spiro atoms. The van der Waals surface area contributed by atoms with Crippen molar-refractivity contribution in [3.63, 3.8) is 0 Å². The molecule has 0 saturated heterocycles. The number of rotatable bonds is 3. The van der Waals surface area contributed by atoms with Gasteiger partial charge < -0.3 is 10.2 Å². The molecular weight excluding hydrogens is 348 g/mol. The summed E-state index contributed by atoms with van der Waals surface area (Å²) in [5.41, 5.74) is 1.67. The van der Waals surface area contributed by atoms with Gasteiger partial charge in [0.1, 0.15) is 6.17 Å². The number of hydrogen-bond donors (Lipinski definition) is 1. The third kappa shape index (κ3) is 2.60. The summed E-state index contributed by atoms with van der Waals surface area (Å²) in [7, 11) is 0. The summed E-state index contributed by atoms with van der Waals surface area (Å²) in [5, 5.41) is 5.57. The Kier molecular flexibility index (Phi) is 4.04. The summed E-state index contributed by atoms with van der Waals surface area (Å²) in [6.45, 7) is 4.21. The van der Waals surface area contributed by atoms with Gasteiger partial charge in [-0.1, -0.05) is 19.1 Å². The van der Waals surface area contributed by atoms with E-state index in [-0.39, 0.29) is 18.1 Å². The smallest absolute Gasteiger partial charge is 0.258 e. The molecule has 1 aromatic heterocycles. The number of nitrogens with one attached hydrogen (secondary N) is 1. The number of halogens is 1. The highest BCUT2D eigenvalue weighted by molar-refractivity contribution is 9.10. The summed E-state index contributed by atoms with van der Waals surface area (Å²) < 4.78 is 1.06. The first-order valence-corrected chi connectivity index (χ1v) is 8.71. The predicted octanol–water partition coefficient (Wildman–Crippen LogP) is 4.88. The van der Waals surface area contributed by atoms with Gasteiger partial charge in [-0.15, -0.1) is 11.3 Å². The van der Waals surface area contributed by atoms with Crippen LogP contribution >= 0.6 is 27.3 Å². The van der Waals surface area contributed by atoms with Gasteiger partial charge in [0.05, 0.1) is 5.56 Å². The molecule has 110 valence electrons. The molecule has 1 aliphatic rings. The van der Waals surface area contributed by atoms with Gasteiger partial charge in [-0.2, -0.15) is 0 Å². The molecule has 2 heterocycles. The van der Waals surface area contributed by atoms with Crippen molar-refractivity contribution in [3.05, 3.63) is 50.6 Å². The zero-order chi connectivity index (χ0) is 15.0. The van der Waals surface area contributed by atoms with E-state index < -0.39 is 0 Å². The first-order chi connectivity index (χ1) is 10.1. The largest absolute Gasteiger partial charge is 0.360 e. The van der Waals surface area contributed by atoms with Gasteiger partial charge in [0, 0.05) is 26.5 Å². The lowest BCUT2D eigenvalue weighted by atomic mass is 10.0. The SMILES string of the molecule is CC[C@@H](C)N1C(=O)c2ccccc2N[C@@H]1c1cc(Br)cs1. The van der Waals surface area contributed by atoms with Crippen LogP contribution in [0.5, 0.6) is 0 Å². The van der Waals surface area contributed by atoms with E-state index in [1.165, 1.54) is 0 Å². The number of benzene rings is 1. The van der Waals surface area contributed by atoms with Crippen LogP contribution in [0.25, 0.3) is 0 Å². The molecule has 2 atom stereocenters. The van der Waals surface area contributed by atoms with E-state index in [1.807, 2.05) is 29.2 Å². The number of carbonyl (C=O) groups is 1. The Morgan fingerprint density at radius 3 is 2.86 bits per heavy atom. The van der Waals surface area contributed by atoms with Crippen molar-refractivity contribution >= 4 is 38.9 Å². The molecule has 0 unspecified atom stereocenters. The molecule has 1 aromatic carbocycles. The second-order valence-electron chi connectivity index (χ2n) is 5.23. The first-order valence-electron chi connectivity index (χ1n) is 7.04. The Hall–Kier alpha value is -1.33. The van der Waals surface area contributed by atoms with E-state index in [9.17, 15) is 4.79 Å². The highest BCUT2D eigenvalue weighted by atomic mass is 79.9. The van der Waals surface area contributed by atoms with Gasteiger partial charge in [0.15, 0.2) is 0 Å². The topological polar surface area (TPSA) is 32.3 Å². The zero-order valence-electron chi connectivity index (χ0n) is 12.0. The average Bonchev–Trinajstić information content (AvgIpc) is 2.93. The number of para-hydroxylation sites is 1. The van der Waals surface area contributed by atoms with Crippen LogP contribution < -0.4 is 5.32 Å². The van der Waals surface area contributed by atoms with Crippen molar-refractivity contribution in [1.29, 1.82) is 0 Å². The van der Waals surface area contributed by atoms with E-state index in [0.717, 1.165) is 27.0 Å². The predicted molar refractivity (Wildman–Crippen MR) is 90.7 cm³/mol. The van der Waals surface area contributed by atoms with Crippen molar-refractivity contribution in [2.45, 2.75) is 32.5 Å². The minimum Gasteiger partial charge on any atom is -0.360 e. The van der Waals surface area contributed by atoms with Crippen molar-refractivity contribution in [3.8, 4) is 0 Å². The van der Waals surface area contributed by atoms with E-state index in [4.69, 9.17) is 0 Å². The van der Waals surface area contributed by atoms with Crippen LogP contribution in [0.2, 0.25) is 0 Å². The molecule has 21 heavy (non-hydrogen) atoms. The fourth-order valence-electron chi connectivity index (χ4n) is 2.60. The molecule has 2 aromatic rings. The molecule has 3 nitrogen and oxygen atoms in total. The van der Waals surface area contributed by atoms with E-state index in [1.54, 1.807) is 11.3 Å². The maximum Gasteiger partial charge on any atom is 0.258 e. The lowest BCUT2D eigenvalue weighted by Crippen LogP contribution is -2.47. The van der Waals surface area contributed by atoms with Crippen molar-refractivity contribution in [2.24, 2.45) is 0 Å². The number of thiophene rings is 1. The summed E-state index contributed by atoms with van der Waals surface area (Å²) in [6, 6.07) is 10.00. The fraction of sp³-hybridized carbons (Fsp3) is 0.312. The Bertz CT molecular complexity index is 670. The average molecular weight is 365 g/mol. The summed E-state index contributed by atoms with van der Waals surface area (Å²) in [5.74, 6) is 0.105. The number of nitrogens with zero attached hydrogens (tertiary/aromatic N) is 1. The lowest BCUT2D eigenvalue weighted by molar-refractivity contribution is 0.0597.